The van der Waals surface area contributed by atoms with Crippen LogP contribution in [0.5, 0.6) is 0 Å². The molecular formula is C39H42F2N6O3. The molecular weight excluding hydrogens is 638 g/mol. The van der Waals surface area contributed by atoms with Crippen molar-refractivity contribution in [1.82, 2.24) is 19.4 Å². The van der Waals surface area contributed by atoms with Crippen LogP contribution in [0.2, 0.25) is 0 Å². The van der Waals surface area contributed by atoms with Crippen LogP contribution in [-0.4, -0.2) is 65.2 Å². The summed E-state index contributed by atoms with van der Waals surface area (Å²) in [6, 6.07) is 10.3. The van der Waals surface area contributed by atoms with Gasteiger partial charge in [-0.1, -0.05) is 24.3 Å². The van der Waals surface area contributed by atoms with Gasteiger partial charge in [-0.15, -0.1) is 0 Å². The monoisotopic (exact) mass is 680 g/mol. The van der Waals surface area contributed by atoms with Gasteiger partial charge >= 0.3 is 0 Å². The summed E-state index contributed by atoms with van der Waals surface area (Å²) in [6.07, 6.45) is 8.91. The highest BCUT2D eigenvalue weighted by atomic mass is 19.1. The molecule has 260 valence electrons. The van der Waals surface area contributed by atoms with E-state index in [0.29, 0.717) is 42.7 Å². The first-order valence-corrected chi connectivity index (χ1v) is 17.1. The fraction of sp³-hybridized carbons (Fsp3) is 0.359. The number of benzene rings is 3. The molecule has 5 aromatic rings. The van der Waals surface area contributed by atoms with E-state index in [4.69, 9.17) is 9.72 Å². The molecule has 2 aliphatic rings. The fourth-order valence-electron chi connectivity index (χ4n) is 7.60. The number of nitrogens with one attached hydrogen (secondary N) is 2. The number of imidazole rings is 1. The van der Waals surface area contributed by atoms with Crippen LogP contribution in [0.25, 0.3) is 33.1 Å². The Balaban J connectivity index is 1.15. The lowest BCUT2D eigenvalue weighted by Crippen LogP contribution is -2.35. The van der Waals surface area contributed by atoms with E-state index in [0.717, 1.165) is 82.6 Å². The number of nitrogens with zero attached hydrogens (tertiary/aromatic N) is 4. The first kappa shape index (κ1) is 33.6. The maximum absolute atomic E-state index is 15.3. The number of amides is 1. The van der Waals surface area contributed by atoms with Gasteiger partial charge in [-0.05, 0) is 63.3 Å². The Morgan fingerprint density at radius 3 is 2.50 bits per heavy atom. The van der Waals surface area contributed by atoms with Gasteiger partial charge < -0.3 is 29.4 Å². The van der Waals surface area contributed by atoms with Crippen LogP contribution in [0.3, 0.4) is 0 Å². The standard InChI is InChI=1S/C39H42F2N6O3/c1-22-18-32-36(43-23(2)46(32)4)38-34(22)28-9-6-8-27-29(21-47(37(27)28)17-16-45(38)3)39(49)24-19-30(40)35(31(41)20-24)44-33(48)10-7-15-42-25-11-13-26(50-5)14-12-25/h6-10,18-21,25-26,42H,11-17H2,1-5H3,(H,44,48)/b10-7+/t25-,26-. The highest BCUT2D eigenvalue weighted by Gasteiger charge is 2.28. The molecule has 1 aliphatic heterocycles. The van der Waals surface area contributed by atoms with E-state index in [-0.39, 0.29) is 5.56 Å². The van der Waals surface area contributed by atoms with Crippen molar-refractivity contribution in [2.24, 2.45) is 7.05 Å². The number of anilines is 2. The number of carbonyl (C=O) groups is 2. The minimum absolute atomic E-state index is 0.139. The number of likely N-dealkylation sites (N-methyl/N-ethyl adjacent to an activating group) is 1. The summed E-state index contributed by atoms with van der Waals surface area (Å²) in [5.41, 5.74) is 6.59. The van der Waals surface area contributed by atoms with Gasteiger partial charge in [0, 0.05) is 86.8 Å². The molecule has 7 rings (SSSR count). The molecule has 3 heterocycles. The molecule has 0 unspecified atom stereocenters. The molecule has 1 fully saturated rings. The molecule has 0 spiro atoms. The molecule has 1 amide bonds. The largest absolute Gasteiger partial charge is 0.381 e. The maximum Gasteiger partial charge on any atom is 0.248 e. The van der Waals surface area contributed by atoms with Crippen molar-refractivity contribution in [3.63, 3.8) is 0 Å². The molecule has 0 atom stereocenters. The third kappa shape index (κ3) is 5.98. The van der Waals surface area contributed by atoms with Crippen LogP contribution in [0.4, 0.5) is 20.2 Å². The van der Waals surface area contributed by atoms with Gasteiger partial charge in [0.25, 0.3) is 0 Å². The number of hydrogen-bond donors (Lipinski definition) is 2. The van der Waals surface area contributed by atoms with Gasteiger partial charge in [0.05, 0.1) is 22.8 Å². The van der Waals surface area contributed by atoms with Crippen LogP contribution in [0, 0.1) is 25.5 Å². The molecule has 9 nitrogen and oxygen atoms in total. The van der Waals surface area contributed by atoms with Gasteiger partial charge in [-0.2, -0.15) is 0 Å². The highest BCUT2D eigenvalue weighted by Crippen LogP contribution is 2.44. The number of aryl methyl sites for hydroxylation is 3. The van der Waals surface area contributed by atoms with Crippen molar-refractivity contribution in [2.75, 3.05) is 37.5 Å². The summed E-state index contributed by atoms with van der Waals surface area (Å²) in [7, 11) is 5.80. The molecule has 0 saturated heterocycles. The number of fused-ring (bicyclic) bond motifs is 4. The lowest BCUT2D eigenvalue weighted by Gasteiger charge is -2.28. The number of para-hydroxylation sites is 1. The van der Waals surface area contributed by atoms with E-state index < -0.39 is 29.0 Å². The normalized spacial score (nSPS) is 17.7. The van der Waals surface area contributed by atoms with Crippen LogP contribution in [0.15, 0.2) is 54.7 Å². The van der Waals surface area contributed by atoms with Gasteiger partial charge in [0.2, 0.25) is 5.91 Å². The molecule has 1 aliphatic carbocycles. The first-order chi connectivity index (χ1) is 24.0. The summed E-state index contributed by atoms with van der Waals surface area (Å²) in [5, 5.41) is 6.38. The van der Waals surface area contributed by atoms with Crippen LogP contribution >= 0.6 is 0 Å². The number of halogens is 2. The Morgan fingerprint density at radius 1 is 1.04 bits per heavy atom. The number of hydrogen-bond acceptors (Lipinski definition) is 6. The minimum Gasteiger partial charge on any atom is -0.381 e. The molecule has 11 heteroatoms. The fourth-order valence-corrected chi connectivity index (χ4v) is 7.60. The SMILES string of the molecule is CO[C@H]1CC[C@H](NC/C=C/C(=O)Nc2c(F)cc(C(=O)c3cn4c5c(cccc35)-c3c(C)cc5c(nc(C)n5C)c3N(C)CC4)cc2F)CC1. The van der Waals surface area contributed by atoms with Gasteiger partial charge in [-0.3, -0.25) is 9.59 Å². The summed E-state index contributed by atoms with van der Waals surface area (Å²) >= 11 is 0. The quantitative estimate of drug-likeness (QED) is 0.138. The number of aromatic nitrogens is 3. The predicted molar refractivity (Wildman–Crippen MR) is 193 cm³/mol. The minimum atomic E-state index is -1.02. The zero-order valence-corrected chi connectivity index (χ0v) is 29.1. The first-order valence-electron chi connectivity index (χ1n) is 17.1. The van der Waals surface area contributed by atoms with E-state index in [9.17, 15) is 9.59 Å². The zero-order chi connectivity index (χ0) is 35.3. The number of carbonyl (C=O) groups excluding carboxylic acids is 2. The molecule has 0 radical (unpaired) electrons. The zero-order valence-electron chi connectivity index (χ0n) is 29.1. The summed E-state index contributed by atoms with van der Waals surface area (Å²) in [6.45, 7) is 5.78. The lowest BCUT2D eigenvalue weighted by atomic mass is 9.93. The van der Waals surface area contributed by atoms with Crippen molar-refractivity contribution < 1.29 is 23.1 Å². The van der Waals surface area contributed by atoms with Crippen molar-refractivity contribution >= 4 is 45.0 Å². The Bertz CT molecular complexity index is 2150. The maximum atomic E-state index is 15.3. The number of ketones is 1. The van der Waals surface area contributed by atoms with E-state index in [2.05, 4.69) is 44.7 Å². The van der Waals surface area contributed by atoms with Crippen molar-refractivity contribution in [3.05, 3.63) is 88.9 Å². The number of methoxy groups -OCH3 is 1. The summed E-state index contributed by atoms with van der Waals surface area (Å²) < 4.78 is 40.2. The van der Waals surface area contributed by atoms with E-state index >= 15 is 8.78 Å². The average Bonchev–Trinajstić information content (AvgIpc) is 3.61. The second kappa shape index (κ2) is 13.4. The molecule has 2 N–H and O–H groups in total. The van der Waals surface area contributed by atoms with E-state index in [1.54, 1.807) is 19.4 Å². The third-order valence-electron chi connectivity index (χ3n) is 10.4. The number of ether oxygens (including phenoxy) is 1. The Hall–Kier alpha value is -4.87. The van der Waals surface area contributed by atoms with Gasteiger partial charge in [0.1, 0.15) is 28.7 Å². The highest BCUT2D eigenvalue weighted by molar-refractivity contribution is 6.19. The Morgan fingerprint density at radius 2 is 1.78 bits per heavy atom. The lowest BCUT2D eigenvalue weighted by molar-refractivity contribution is -0.112. The second-order valence-electron chi connectivity index (χ2n) is 13.5. The second-order valence-corrected chi connectivity index (χ2v) is 13.5. The summed E-state index contributed by atoms with van der Waals surface area (Å²) in [4.78, 5) is 33.6. The Labute approximate surface area is 289 Å². The molecule has 1 saturated carbocycles. The van der Waals surface area contributed by atoms with Crippen LogP contribution in [-0.2, 0) is 23.1 Å². The molecule has 0 bridgehead atoms. The topological polar surface area (TPSA) is 93.4 Å². The van der Waals surface area contributed by atoms with Gasteiger partial charge in [-0.25, -0.2) is 13.8 Å². The molecule has 2 aromatic heterocycles. The van der Waals surface area contributed by atoms with Crippen LogP contribution < -0.4 is 15.5 Å². The smallest absolute Gasteiger partial charge is 0.248 e. The van der Waals surface area contributed by atoms with Crippen molar-refractivity contribution in [1.29, 1.82) is 0 Å². The summed E-state index contributed by atoms with van der Waals surface area (Å²) in [5.74, 6) is -2.29. The molecule has 3 aromatic carbocycles. The van der Waals surface area contributed by atoms with E-state index in [1.807, 2.05) is 32.2 Å². The molecule has 50 heavy (non-hydrogen) atoms. The predicted octanol–water partition coefficient (Wildman–Crippen LogP) is 6.81. The van der Waals surface area contributed by atoms with E-state index in [1.165, 1.54) is 6.08 Å². The average molecular weight is 681 g/mol. The van der Waals surface area contributed by atoms with Crippen molar-refractivity contribution in [3.8, 4) is 11.1 Å². The van der Waals surface area contributed by atoms with Gasteiger partial charge in [0.15, 0.2) is 5.78 Å². The third-order valence-corrected chi connectivity index (χ3v) is 10.4. The number of rotatable bonds is 8. The van der Waals surface area contributed by atoms with Crippen molar-refractivity contribution in [2.45, 2.75) is 58.2 Å². The van der Waals surface area contributed by atoms with Crippen LogP contribution in [0.1, 0.15) is 53.0 Å². The Kier molecular flexibility index (Phi) is 9.04.